The van der Waals surface area contributed by atoms with E-state index in [1.54, 1.807) is 31.5 Å². The van der Waals surface area contributed by atoms with E-state index in [1.807, 2.05) is 0 Å². The van der Waals surface area contributed by atoms with Crippen molar-refractivity contribution in [1.29, 1.82) is 0 Å². The summed E-state index contributed by atoms with van der Waals surface area (Å²) in [7, 11) is -2.07. The summed E-state index contributed by atoms with van der Waals surface area (Å²) >= 11 is 0. The third-order valence-corrected chi connectivity index (χ3v) is 5.07. The van der Waals surface area contributed by atoms with E-state index >= 15 is 0 Å². The van der Waals surface area contributed by atoms with Crippen molar-refractivity contribution in [3.05, 3.63) is 24.4 Å². The average Bonchev–Trinajstić information content (AvgIpc) is 2.69. The van der Waals surface area contributed by atoms with Crippen molar-refractivity contribution >= 4 is 21.5 Å². The van der Waals surface area contributed by atoms with Crippen LogP contribution < -0.4 is 10.5 Å². The van der Waals surface area contributed by atoms with Gasteiger partial charge in [-0.1, -0.05) is 6.07 Å². The zero-order chi connectivity index (χ0) is 14.3. The molecule has 7 nitrogen and oxygen atoms in total. The van der Waals surface area contributed by atoms with Crippen LogP contribution in [0.2, 0.25) is 0 Å². The third kappa shape index (κ3) is 2.15. The Hall–Kier alpha value is -1.64. The molecule has 0 saturated heterocycles. The van der Waals surface area contributed by atoms with Crippen molar-refractivity contribution in [2.75, 3.05) is 12.8 Å². The van der Waals surface area contributed by atoms with Crippen molar-refractivity contribution < 1.29 is 13.2 Å². The predicted molar refractivity (Wildman–Crippen MR) is 73.7 cm³/mol. The predicted octanol–water partition coefficient (Wildman–Crippen LogP) is 0.372. The van der Waals surface area contributed by atoms with Crippen LogP contribution in [0, 0.1) is 0 Å². The zero-order valence-corrected chi connectivity index (χ0v) is 11.8. The molecule has 0 unspecified atom stereocenters. The minimum Gasteiger partial charge on any atom is -0.381 e. The number of imidazole rings is 1. The molecule has 0 atom stereocenters. The summed E-state index contributed by atoms with van der Waals surface area (Å²) in [6.45, 7) is 0. The maximum absolute atomic E-state index is 12.4. The monoisotopic (exact) mass is 296 g/mol. The van der Waals surface area contributed by atoms with Gasteiger partial charge < -0.3 is 10.5 Å². The number of sulfonamides is 1. The third-order valence-electron chi connectivity index (χ3n) is 3.52. The topological polar surface area (TPSA) is 98.7 Å². The van der Waals surface area contributed by atoms with Crippen molar-refractivity contribution in [3.63, 3.8) is 0 Å². The van der Waals surface area contributed by atoms with Crippen LogP contribution >= 0.6 is 0 Å². The highest BCUT2D eigenvalue weighted by atomic mass is 32.2. The summed E-state index contributed by atoms with van der Waals surface area (Å²) in [5.41, 5.74) is 6.26. The summed E-state index contributed by atoms with van der Waals surface area (Å²) in [6.07, 6.45) is 3.10. The van der Waals surface area contributed by atoms with Crippen molar-refractivity contribution in [1.82, 2.24) is 14.1 Å². The van der Waals surface area contributed by atoms with E-state index in [1.165, 1.54) is 4.40 Å². The lowest BCUT2D eigenvalue weighted by Crippen LogP contribution is -2.47. The molecule has 20 heavy (non-hydrogen) atoms. The number of methoxy groups -OCH3 is 1. The van der Waals surface area contributed by atoms with Gasteiger partial charge in [-0.15, -0.1) is 0 Å². The number of pyridine rings is 1. The molecule has 0 aliphatic heterocycles. The number of ether oxygens (including phenoxy) is 1. The Bertz CT molecular complexity index is 734. The molecule has 0 spiro atoms. The number of nitrogens with zero attached hydrogens (tertiary/aromatic N) is 2. The number of aromatic nitrogens is 2. The lowest BCUT2D eigenvalue weighted by atomic mass is 9.90. The Morgan fingerprint density at radius 3 is 2.90 bits per heavy atom. The van der Waals surface area contributed by atoms with E-state index in [4.69, 9.17) is 10.5 Å². The molecular formula is C12H16N4O3S. The molecule has 0 radical (unpaired) electrons. The van der Waals surface area contributed by atoms with Crippen LogP contribution in [0.1, 0.15) is 12.8 Å². The molecule has 2 aromatic heterocycles. The molecule has 3 rings (SSSR count). The van der Waals surface area contributed by atoms with E-state index in [9.17, 15) is 8.42 Å². The molecule has 108 valence electrons. The van der Waals surface area contributed by atoms with E-state index in [2.05, 4.69) is 9.71 Å². The fourth-order valence-electron chi connectivity index (χ4n) is 2.39. The zero-order valence-electron chi connectivity index (χ0n) is 11.0. The van der Waals surface area contributed by atoms with E-state index in [-0.39, 0.29) is 23.0 Å². The fraction of sp³-hybridized carbons (Fsp3) is 0.417. The first kappa shape index (κ1) is 13.3. The lowest BCUT2D eigenvalue weighted by molar-refractivity contribution is 0.0236. The largest absolute Gasteiger partial charge is 0.381 e. The number of nitrogens with two attached hydrogens (primary N) is 1. The molecular weight excluding hydrogens is 280 g/mol. The number of anilines is 1. The number of hydrogen-bond acceptors (Lipinski definition) is 5. The van der Waals surface area contributed by atoms with Gasteiger partial charge in [-0.3, -0.25) is 4.40 Å². The number of nitrogen functional groups attached to an aromatic ring is 1. The van der Waals surface area contributed by atoms with E-state index in [0.29, 0.717) is 18.5 Å². The first-order valence-corrected chi connectivity index (χ1v) is 7.77. The molecule has 3 N–H and O–H groups in total. The molecule has 8 heteroatoms. The van der Waals surface area contributed by atoms with Crippen molar-refractivity contribution in [3.8, 4) is 0 Å². The summed E-state index contributed by atoms with van der Waals surface area (Å²) in [5, 5.41) is -0.00559. The van der Waals surface area contributed by atoms with Gasteiger partial charge in [-0.2, -0.15) is 0 Å². The first-order chi connectivity index (χ1) is 9.51. The average molecular weight is 296 g/mol. The van der Waals surface area contributed by atoms with Gasteiger partial charge >= 0.3 is 0 Å². The Labute approximate surface area is 116 Å². The van der Waals surface area contributed by atoms with Crippen LogP contribution in [0.3, 0.4) is 0 Å². The van der Waals surface area contributed by atoms with Crippen molar-refractivity contribution in [2.24, 2.45) is 0 Å². The van der Waals surface area contributed by atoms with Gasteiger partial charge in [-0.25, -0.2) is 18.1 Å². The molecule has 2 heterocycles. The Balaban J connectivity index is 1.92. The van der Waals surface area contributed by atoms with Crippen LogP contribution in [-0.2, 0) is 14.8 Å². The normalized spacial score (nSPS) is 22.9. The molecule has 1 aliphatic carbocycles. The van der Waals surface area contributed by atoms with E-state index in [0.717, 1.165) is 0 Å². The highest BCUT2D eigenvalue weighted by molar-refractivity contribution is 7.89. The second-order valence-corrected chi connectivity index (χ2v) is 6.51. The summed E-state index contributed by atoms with van der Waals surface area (Å²) in [5.74, 6) is 0.00585. The number of rotatable bonds is 4. The molecule has 2 aromatic rings. The van der Waals surface area contributed by atoms with Crippen LogP contribution in [0.5, 0.6) is 0 Å². The van der Waals surface area contributed by atoms with Gasteiger partial charge in [0, 0.05) is 19.3 Å². The molecule has 1 aliphatic rings. The number of hydrogen-bond donors (Lipinski definition) is 2. The first-order valence-electron chi connectivity index (χ1n) is 6.29. The summed E-state index contributed by atoms with van der Waals surface area (Å²) in [4.78, 5) is 4.06. The molecule has 0 amide bonds. The van der Waals surface area contributed by atoms with Crippen LogP contribution in [0.25, 0.3) is 5.65 Å². The number of fused-ring (bicyclic) bond motifs is 1. The van der Waals surface area contributed by atoms with Crippen LogP contribution in [0.15, 0.2) is 29.4 Å². The quantitative estimate of drug-likeness (QED) is 0.849. The maximum atomic E-state index is 12.4. The SMILES string of the molecule is COC1CC(NS(=O)(=O)c2c(N)nc3ccccn23)C1. The fourth-order valence-corrected chi connectivity index (χ4v) is 3.87. The molecule has 0 aromatic carbocycles. The van der Waals surface area contributed by atoms with Gasteiger partial charge in [0.2, 0.25) is 0 Å². The smallest absolute Gasteiger partial charge is 0.260 e. The van der Waals surface area contributed by atoms with Crippen molar-refractivity contribution in [2.45, 2.75) is 30.0 Å². The van der Waals surface area contributed by atoms with Gasteiger partial charge in [-0.05, 0) is 25.0 Å². The summed E-state index contributed by atoms with van der Waals surface area (Å²) < 4.78 is 34.1. The molecule has 1 saturated carbocycles. The Kier molecular flexibility index (Phi) is 3.15. The molecule has 0 bridgehead atoms. The highest BCUT2D eigenvalue weighted by Crippen LogP contribution is 2.26. The second kappa shape index (κ2) is 4.72. The van der Waals surface area contributed by atoms with Crippen LogP contribution in [0.4, 0.5) is 5.82 Å². The minimum absolute atomic E-state index is 0.00559. The highest BCUT2D eigenvalue weighted by Gasteiger charge is 2.34. The van der Waals surface area contributed by atoms with E-state index < -0.39 is 10.0 Å². The standard InChI is InChI=1S/C12H16N4O3S/c1-19-9-6-8(7-9)15-20(17,18)12-11(13)14-10-4-2-3-5-16(10)12/h2-5,8-9,15H,6-7,13H2,1H3. The van der Waals surface area contributed by atoms with Gasteiger partial charge in [0.25, 0.3) is 10.0 Å². The lowest BCUT2D eigenvalue weighted by Gasteiger charge is -2.34. The van der Waals surface area contributed by atoms with Crippen LogP contribution in [-0.4, -0.2) is 37.1 Å². The summed E-state index contributed by atoms with van der Waals surface area (Å²) in [6, 6.07) is 5.11. The number of nitrogens with one attached hydrogen (secondary N) is 1. The Morgan fingerprint density at radius 2 is 2.20 bits per heavy atom. The van der Waals surface area contributed by atoms with Gasteiger partial charge in [0.15, 0.2) is 10.8 Å². The Morgan fingerprint density at radius 1 is 1.45 bits per heavy atom. The van der Waals surface area contributed by atoms with Gasteiger partial charge in [0.05, 0.1) is 6.10 Å². The van der Waals surface area contributed by atoms with Gasteiger partial charge in [0.1, 0.15) is 5.65 Å². The molecule has 1 fully saturated rings. The maximum Gasteiger partial charge on any atom is 0.260 e. The minimum atomic E-state index is -3.70. The second-order valence-electron chi connectivity index (χ2n) is 4.88.